The molecule has 1 fully saturated rings. The number of nitrogens with one attached hydrogen (secondary N) is 2. The molecule has 0 spiro atoms. The van der Waals surface area contributed by atoms with Crippen molar-refractivity contribution in [3.05, 3.63) is 60.3 Å². The number of benzene rings is 2. The molecule has 182 valence electrons. The number of rotatable bonds is 6. The molecule has 1 aliphatic rings. The van der Waals surface area contributed by atoms with Crippen LogP contribution in [0.25, 0.3) is 11.3 Å². The van der Waals surface area contributed by atoms with Gasteiger partial charge in [0.2, 0.25) is 10.0 Å². The summed E-state index contributed by atoms with van der Waals surface area (Å²) in [7, 11) is -1.39. The number of aryl methyl sites for hydroxylation is 1. The highest BCUT2D eigenvalue weighted by molar-refractivity contribution is 7.88. The van der Waals surface area contributed by atoms with Gasteiger partial charge in [-0.05, 0) is 55.3 Å². The van der Waals surface area contributed by atoms with Gasteiger partial charge in [0.1, 0.15) is 11.9 Å². The molecule has 1 saturated heterocycles. The number of nitriles is 1. The molecule has 0 unspecified atom stereocenters. The molecule has 2 N–H and O–H groups in total. The third-order valence-electron chi connectivity index (χ3n) is 5.75. The third kappa shape index (κ3) is 5.98. The first-order valence-corrected chi connectivity index (χ1v) is 12.9. The normalized spacial score (nSPS) is 14.8. The van der Waals surface area contributed by atoms with Crippen molar-refractivity contribution in [2.75, 3.05) is 30.0 Å². The molecule has 2 amide bonds. The monoisotopic (exact) mass is 494 g/mol. The van der Waals surface area contributed by atoms with Gasteiger partial charge in [-0.15, -0.1) is 0 Å². The zero-order valence-electron chi connectivity index (χ0n) is 19.4. The van der Waals surface area contributed by atoms with Crippen LogP contribution in [0.5, 0.6) is 5.75 Å². The van der Waals surface area contributed by atoms with Crippen molar-refractivity contribution in [3.8, 4) is 23.1 Å². The second-order valence-corrected chi connectivity index (χ2v) is 10.3. The van der Waals surface area contributed by atoms with Gasteiger partial charge < -0.3 is 15.4 Å². The van der Waals surface area contributed by atoms with E-state index in [4.69, 9.17) is 10.00 Å². The first-order valence-electron chi connectivity index (χ1n) is 11.1. The Balaban J connectivity index is 1.51. The van der Waals surface area contributed by atoms with E-state index in [0.29, 0.717) is 48.6 Å². The number of amides is 2. The summed E-state index contributed by atoms with van der Waals surface area (Å²) >= 11 is 0. The number of carbonyl (C=O) groups excluding carboxylic acids is 1. The van der Waals surface area contributed by atoms with E-state index in [1.54, 1.807) is 47.3 Å². The van der Waals surface area contributed by atoms with Crippen LogP contribution in [-0.4, -0.2) is 54.0 Å². The summed E-state index contributed by atoms with van der Waals surface area (Å²) in [5.74, 6) is 0.624. The topological polar surface area (TPSA) is 129 Å². The van der Waals surface area contributed by atoms with Crippen molar-refractivity contribution in [2.24, 2.45) is 7.05 Å². The maximum Gasteiger partial charge on any atom is 0.323 e. The van der Waals surface area contributed by atoms with E-state index < -0.39 is 16.1 Å². The first-order chi connectivity index (χ1) is 16.7. The Hall–Kier alpha value is -3.88. The molecule has 2 heterocycles. The fourth-order valence-electron chi connectivity index (χ4n) is 3.97. The molecule has 3 aromatic rings. The highest BCUT2D eigenvalue weighted by atomic mass is 32.2. The van der Waals surface area contributed by atoms with Crippen molar-refractivity contribution in [1.82, 2.24) is 14.1 Å². The van der Waals surface area contributed by atoms with E-state index in [1.807, 2.05) is 25.2 Å². The Morgan fingerprint density at radius 1 is 1.11 bits per heavy atom. The van der Waals surface area contributed by atoms with Crippen molar-refractivity contribution in [3.63, 3.8) is 0 Å². The fourth-order valence-corrected chi connectivity index (χ4v) is 4.84. The summed E-state index contributed by atoms with van der Waals surface area (Å²) in [5.41, 5.74) is 3.06. The minimum Gasteiger partial charge on any atom is -0.490 e. The van der Waals surface area contributed by atoms with Crippen LogP contribution in [-0.2, 0) is 17.1 Å². The standard InChI is InChI=1S/C24H26N6O4S/c1-29-22(8-11-26-29)21-15-19(28-24(31)27-18-5-3-4-17(14-18)16-25)6-7-23(21)34-20-9-12-30(13-10-20)35(2,32)33/h3-8,11,14-15,20H,9-10,12-13H2,1-2H3,(H2,27,28,31). The van der Waals surface area contributed by atoms with Gasteiger partial charge in [0.15, 0.2) is 0 Å². The van der Waals surface area contributed by atoms with Gasteiger partial charge in [0.25, 0.3) is 0 Å². The van der Waals surface area contributed by atoms with Crippen LogP contribution in [0.15, 0.2) is 54.7 Å². The van der Waals surface area contributed by atoms with Crippen molar-refractivity contribution >= 4 is 27.4 Å². The lowest BCUT2D eigenvalue weighted by Gasteiger charge is -2.31. The molecule has 11 heteroatoms. The lowest BCUT2D eigenvalue weighted by Crippen LogP contribution is -2.41. The number of hydrogen-bond acceptors (Lipinski definition) is 6. The van der Waals surface area contributed by atoms with Crippen LogP contribution in [0.2, 0.25) is 0 Å². The number of nitrogens with zero attached hydrogens (tertiary/aromatic N) is 4. The minimum atomic E-state index is -3.21. The average Bonchev–Trinajstić information content (AvgIpc) is 3.25. The number of anilines is 2. The SMILES string of the molecule is Cn1nccc1-c1cc(NC(=O)Nc2cccc(C#N)c2)ccc1OC1CCN(S(C)(=O)=O)CC1. The molecule has 1 aliphatic heterocycles. The summed E-state index contributed by atoms with van der Waals surface area (Å²) in [5, 5.41) is 18.8. The molecule has 10 nitrogen and oxygen atoms in total. The smallest absolute Gasteiger partial charge is 0.323 e. The van der Waals surface area contributed by atoms with Gasteiger partial charge in [-0.2, -0.15) is 10.4 Å². The van der Waals surface area contributed by atoms with Gasteiger partial charge in [-0.25, -0.2) is 17.5 Å². The molecule has 4 rings (SSSR count). The molecular formula is C24H26N6O4S. The van der Waals surface area contributed by atoms with Crippen molar-refractivity contribution in [1.29, 1.82) is 5.26 Å². The summed E-state index contributed by atoms with van der Waals surface area (Å²) in [4.78, 5) is 12.6. The lowest BCUT2D eigenvalue weighted by molar-refractivity contribution is 0.136. The van der Waals surface area contributed by atoms with Gasteiger partial charge in [-0.3, -0.25) is 4.68 Å². The quantitative estimate of drug-likeness (QED) is 0.540. The number of urea groups is 1. The molecule has 0 bridgehead atoms. The van der Waals surface area contributed by atoms with E-state index in [2.05, 4.69) is 15.7 Å². The molecule has 2 aromatic carbocycles. The predicted molar refractivity (Wildman–Crippen MR) is 133 cm³/mol. The Kier molecular flexibility index (Phi) is 7.04. The number of aromatic nitrogens is 2. The van der Waals surface area contributed by atoms with Crippen LogP contribution in [0.3, 0.4) is 0 Å². The van der Waals surface area contributed by atoms with E-state index in [1.165, 1.54) is 10.6 Å². The summed E-state index contributed by atoms with van der Waals surface area (Å²) in [6.07, 6.45) is 3.94. The predicted octanol–water partition coefficient (Wildman–Crippen LogP) is 3.41. The Morgan fingerprint density at radius 2 is 1.83 bits per heavy atom. The molecule has 35 heavy (non-hydrogen) atoms. The molecule has 0 aliphatic carbocycles. The van der Waals surface area contributed by atoms with Gasteiger partial charge in [0.05, 0.1) is 23.6 Å². The number of ether oxygens (including phenoxy) is 1. The van der Waals surface area contributed by atoms with Crippen LogP contribution < -0.4 is 15.4 Å². The summed E-state index contributed by atoms with van der Waals surface area (Å²) in [6.45, 7) is 0.828. The van der Waals surface area contributed by atoms with Gasteiger partial charge >= 0.3 is 6.03 Å². The maximum absolute atomic E-state index is 12.6. The molecule has 0 radical (unpaired) electrons. The Morgan fingerprint density at radius 3 is 2.46 bits per heavy atom. The molecule has 0 atom stereocenters. The van der Waals surface area contributed by atoms with Gasteiger partial charge in [-0.1, -0.05) is 6.07 Å². The maximum atomic E-state index is 12.6. The van der Waals surface area contributed by atoms with E-state index in [9.17, 15) is 13.2 Å². The zero-order chi connectivity index (χ0) is 25.0. The highest BCUT2D eigenvalue weighted by Crippen LogP contribution is 2.34. The molecule has 1 aromatic heterocycles. The second-order valence-electron chi connectivity index (χ2n) is 8.30. The second kappa shape index (κ2) is 10.2. The lowest BCUT2D eigenvalue weighted by atomic mass is 10.1. The first kappa shape index (κ1) is 24.3. The van der Waals surface area contributed by atoms with Crippen LogP contribution >= 0.6 is 0 Å². The largest absolute Gasteiger partial charge is 0.490 e. The Labute approximate surface area is 204 Å². The molecular weight excluding hydrogens is 468 g/mol. The zero-order valence-corrected chi connectivity index (χ0v) is 20.2. The van der Waals surface area contributed by atoms with E-state index in [-0.39, 0.29) is 6.10 Å². The highest BCUT2D eigenvalue weighted by Gasteiger charge is 2.26. The van der Waals surface area contributed by atoms with E-state index in [0.717, 1.165) is 11.3 Å². The minimum absolute atomic E-state index is 0.130. The van der Waals surface area contributed by atoms with Gasteiger partial charge in [0, 0.05) is 43.3 Å². The number of piperidine rings is 1. The fraction of sp³-hybridized carbons (Fsp3) is 0.292. The van der Waals surface area contributed by atoms with Crippen LogP contribution in [0.4, 0.5) is 16.2 Å². The van der Waals surface area contributed by atoms with Crippen molar-refractivity contribution < 1.29 is 17.9 Å². The van der Waals surface area contributed by atoms with Crippen molar-refractivity contribution in [2.45, 2.75) is 18.9 Å². The Bertz CT molecular complexity index is 1370. The number of sulfonamides is 1. The van der Waals surface area contributed by atoms with Crippen LogP contribution in [0, 0.1) is 11.3 Å². The van der Waals surface area contributed by atoms with E-state index >= 15 is 0 Å². The summed E-state index contributed by atoms with van der Waals surface area (Å²) in [6, 6.07) is 15.4. The average molecular weight is 495 g/mol. The third-order valence-corrected chi connectivity index (χ3v) is 7.05. The van der Waals surface area contributed by atoms with Crippen LogP contribution in [0.1, 0.15) is 18.4 Å². The number of carbonyl (C=O) groups is 1. The molecule has 0 saturated carbocycles. The number of hydrogen-bond donors (Lipinski definition) is 2. The summed E-state index contributed by atoms with van der Waals surface area (Å²) < 4.78 is 33.1.